The number of benzene rings is 1. The third kappa shape index (κ3) is 2.94. The Hall–Kier alpha value is -2.71. The van der Waals surface area contributed by atoms with E-state index in [4.69, 9.17) is 9.72 Å². The number of imidazole rings is 2. The van der Waals surface area contributed by atoms with Crippen LogP contribution in [0.15, 0.2) is 42.0 Å². The van der Waals surface area contributed by atoms with Gasteiger partial charge in [-0.05, 0) is 37.8 Å². The van der Waals surface area contributed by atoms with Gasteiger partial charge in [-0.15, -0.1) is 11.3 Å². The number of likely N-dealkylation sites (tertiary alicyclic amines) is 1. The van der Waals surface area contributed by atoms with E-state index in [2.05, 4.69) is 27.8 Å². The average molecular weight is 422 g/mol. The minimum Gasteiger partial charge on any atom is -0.370 e. The molecule has 6 rings (SSSR count). The first-order valence-electron chi connectivity index (χ1n) is 10.6. The van der Waals surface area contributed by atoms with Gasteiger partial charge in [0.25, 0.3) is 5.91 Å². The van der Waals surface area contributed by atoms with Crippen LogP contribution in [0.3, 0.4) is 0 Å². The van der Waals surface area contributed by atoms with Crippen molar-refractivity contribution in [2.45, 2.75) is 37.8 Å². The number of rotatable bonds is 3. The topological polar surface area (TPSA) is 64.7 Å². The molecule has 1 amide bonds. The molecule has 30 heavy (non-hydrogen) atoms. The average Bonchev–Trinajstić information content (AvgIpc) is 3.56. The van der Waals surface area contributed by atoms with Gasteiger partial charge in [0.15, 0.2) is 4.96 Å². The molecule has 0 spiro atoms. The molecule has 154 valence electrons. The van der Waals surface area contributed by atoms with E-state index in [9.17, 15) is 4.79 Å². The first kappa shape index (κ1) is 18.1. The number of aromatic nitrogens is 4. The molecule has 7 nitrogen and oxygen atoms in total. The van der Waals surface area contributed by atoms with E-state index in [-0.39, 0.29) is 12.0 Å². The summed E-state index contributed by atoms with van der Waals surface area (Å²) in [4.78, 5) is 25.2. The van der Waals surface area contributed by atoms with Crippen LogP contribution in [0.25, 0.3) is 16.0 Å². The van der Waals surface area contributed by atoms with Crippen molar-refractivity contribution in [2.24, 2.45) is 0 Å². The van der Waals surface area contributed by atoms with Gasteiger partial charge in [-0.25, -0.2) is 9.97 Å². The number of ether oxygens (including phenoxy) is 1. The Balaban J connectivity index is 1.25. The fourth-order valence-corrected chi connectivity index (χ4v) is 5.47. The highest BCUT2D eigenvalue weighted by Crippen LogP contribution is 2.36. The summed E-state index contributed by atoms with van der Waals surface area (Å²) >= 11 is 1.54. The number of nitrogens with zero attached hydrogens (tertiary/aromatic N) is 5. The third-order valence-electron chi connectivity index (χ3n) is 6.27. The first-order valence-corrected chi connectivity index (χ1v) is 11.5. The van der Waals surface area contributed by atoms with Gasteiger partial charge >= 0.3 is 0 Å². The molecule has 0 bridgehead atoms. The molecule has 3 aromatic heterocycles. The van der Waals surface area contributed by atoms with E-state index in [1.807, 2.05) is 33.1 Å². The molecular weight excluding hydrogens is 398 g/mol. The van der Waals surface area contributed by atoms with Crippen LogP contribution < -0.4 is 0 Å². The lowest BCUT2D eigenvalue weighted by molar-refractivity contribution is 0.0677. The maximum absolute atomic E-state index is 13.0. The van der Waals surface area contributed by atoms with Crippen molar-refractivity contribution in [1.82, 2.24) is 23.8 Å². The number of hydrogen-bond donors (Lipinski definition) is 0. The van der Waals surface area contributed by atoms with Gasteiger partial charge < -0.3 is 14.2 Å². The minimum atomic E-state index is 0.0270. The molecule has 5 heterocycles. The maximum Gasteiger partial charge on any atom is 0.274 e. The molecule has 8 heteroatoms. The highest BCUT2D eigenvalue weighted by Gasteiger charge is 2.31. The largest absolute Gasteiger partial charge is 0.370 e. The van der Waals surface area contributed by atoms with Gasteiger partial charge in [-0.3, -0.25) is 9.20 Å². The number of fused-ring (bicyclic) bond motifs is 2. The van der Waals surface area contributed by atoms with Crippen LogP contribution in [0.2, 0.25) is 0 Å². The van der Waals surface area contributed by atoms with E-state index in [1.165, 1.54) is 5.52 Å². The number of carbonyl (C=O) groups is 1. The van der Waals surface area contributed by atoms with Crippen molar-refractivity contribution in [3.63, 3.8) is 0 Å². The molecule has 2 aliphatic heterocycles. The van der Waals surface area contributed by atoms with Crippen molar-refractivity contribution in [3.8, 4) is 0 Å². The predicted molar refractivity (Wildman–Crippen MR) is 115 cm³/mol. The van der Waals surface area contributed by atoms with Gasteiger partial charge in [0.2, 0.25) is 0 Å². The molecule has 4 aromatic rings. The summed E-state index contributed by atoms with van der Waals surface area (Å²) in [6.45, 7) is 2.27. The van der Waals surface area contributed by atoms with Crippen LogP contribution in [0, 0.1) is 0 Å². The standard InChI is InChI=1S/C22H23N5O2S/c28-21(17-14-26-11-13-30-22(26)24-17)25-9-7-15(8-10-25)27-18-5-2-1-4-16(18)23-20(27)19-6-3-12-29-19/h1-2,4-5,11,13-15,19H,3,6-10,12H2. The number of para-hydroxylation sites is 2. The molecule has 0 radical (unpaired) electrons. The Morgan fingerprint density at radius 1 is 1.13 bits per heavy atom. The second-order valence-electron chi connectivity index (χ2n) is 8.07. The van der Waals surface area contributed by atoms with E-state index in [0.29, 0.717) is 11.7 Å². The molecular formula is C22H23N5O2S. The van der Waals surface area contributed by atoms with E-state index in [1.54, 1.807) is 11.3 Å². The van der Waals surface area contributed by atoms with Crippen LogP contribution in [0.4, 0.5) is 0 Å². The van der Waals surface area contributed by atoms with E-state index >= 15 is 0 Å². The molecule has 0 aliphatic carbocycles. The number of amides is 1. The summed E-state index contributed by atoms with van der Waals surface area (Å²) in [7, 11) is 0. The first-order chi connectivity index (χ1) is 14.8. The zero-order chi connectivity index (χ0) is 20.1. The summed E-state index contributed by atoms with van der Waals surface area (Å²) in [6, 6.07) is 8.66. The van der Waals surface area contributed by atoms with Crippen LogP contribution in [-0.4, -0.2) is 49.4 Å². The molecule has 1 unspecified atom stereocenters. The lowest BCUT2D eigenvalue weighted by Crippen LogP contribution is -2.39. The Kier molecular flexibility index (Phi) is 4.35. The van der Waals surface area contributed by atoms with Crippen molar-refractivity contribution in [2.75, 3.05) is 19.7 Å². The SMILES string of the molecule is O=C(c1cn2ccsc2n1)N1CCC(n2c(C3CCCO3)nc3ccccc32)CC1. The quantitative estimate of drug-likeness (QED) is 0.500. The highest BCUT2D eigenvalue weighted by atomic mass is 32.1. The molecule has 2 fully saturated rings. The summed E-state index contributed by atoms with van der Waals surface area (Å²) in [6.07, 6.45) is 7.78. The smallest absolute Gasteiger partial charge is 0.274 e. The Morgan fingerprint density at radius 3 is 2.80 bits per heavy atom. The monoisotopic (exact) mass is 421 g/mol. The van der Waals surface area contributed by atoms with Crippen LogP contribution in [-0.2, 0) is 4.74 Å². The summed E-state index contributed by atoms with van der Waals surface area (Å²) < 4.78 is 10.3. The number of hydrogen-bond acceptors (Lipinski definition) is 5. The molecule has 2 saturated heterocycles. The second kappa shape index (κ2) is 7.21. The molecule has 1 aromatic carbocycles. The van der Waals surface area contributed by atoms with Crippen LogP contribution >= 0.6 is 11.3 Å². The van der Waals surface area contributed by atoms with Crippen molar-refractivity contribution >= 4 is 33.2 Å². The molecule has 0 saturated carbocycles. The summed E-state index contributed by atoms with van der Waals surface area (Å²) in [5.74, 6) is 1.08. The van der Waals surface area contributed by atoms with Gasteiger partial charge in [0.1, 0.15) is 17.6 Å². The Labute approximate surface area is 177 Å². The number of piperidine rings is 1. The predicted octanol–water partition coefficient (Wildman–Crippen LogP) is 4.07. The molecule has 0 N–H and O–H groups in total. The third-order valence-corrected chi connectivity index (χ3v) is 7.04. The minimum absolute atomic E-state index is 0.0270. The van der Waals surface area contributed by atoms with Crippen LogP contribution in [0.1, 0.15) is 54.1 Å². The van der Waals surface area contributed by atoms with Crippen molar-refractivity contribution < 1.29 is 9.53 Å². The van der Waals surface area contributed by atoms with Crippen molar-refractivity contribution in [1.29, 1.82) is 0 Å². The maximum atomic E-state index is 13.0. The zero-order valence-corrected chi connectivity index (χ0v) is 17.4. The Morgan fingerprint density at radius 2 is 2.00 bits per heavy atom. The lowest BCUT2D eigenvalue weighted by atomic mass is 10.0. The van der Waals surface area contributed by atoms with Gasteiger partial charge in [0, 0.05) is 43.5 Å². The Bertz CT molecular complexity index is 1180. The fraction of sp³-hybridized carbons (Fsp3) is 0.409. The van der Waals surface area contributed by atoms with Crippen molar-refractivity contribution in [3.05, 3.63) is 53.6 Å². The zero-order valence-electron chi connectivity index (χ0n) is 16.6. The van der Waals surface area contributed by atoms with Gasteiger partial charge in [0.05, 0.1) is 11.0 Å². The number of carbonyl (C=O) groups excluding carboxylic acids is 1. The highest BCUT2D eigenvalue weighted by molar-refractivity contribution is 7.15. The normalized spacial score (nSPS) is 20.5. The van der Waals surface area contributed by atoms with Gasteiger partial charge in [-0.2, -0.15) is 0 Å². The summed E-state index contributed by atoms with van der Waals surface area (Å²) in [5, 5.41) is 1.98. The summed E-state index contributed by atoms with van der Waals surface area (Å²) in [5.41, 5.74) is 2.73. The molecule has 2 aliphatic rings. The second-order valence-corrected chi connectivity index (χ2v) is 8.95. The van der Waals surface area contributed by atoms with Crippen LogP contribution in [0.5, 0.6) is 0 Å². The molecule has 1 atom stereocenters. The lowest BCUT2D eigenvalue weighted by Gasteiger charge is -2.33. The van der Waals surface area contributed by atoms with Gasteiger partial charge in [-0.1, -0.05) is 12.1 Å². The fourth-order valence-electron chi connectivity index (χ4n) is 4.77. The van der Waals surface area contributed by atoms with E-state index in [0.717, 1.165) is 61.7 Å². The van der Waals surface area contributed by atoms with E-state index < -0.39 is 0 Å². The number of thiazole rings is 1.